The number of barbiturate groups is 1. The van der Waals surface area contributed by atoms with Crippen molar-refractivity contribution in [2.75, 3.05) is 23.5 Å². The number of carbonyl (C=O) groups excluding carboxylic acids is 3. The number of hydrogen-bond donors (Lipinski definition) is 1. The highest BCUT2D eigenvalue weighted by atomic mass is 16.6. The van der Waals surface area contributed by atoms with E-state index in [0.717, 1.165) is 23.4 Å². The van der Waals surface area contributed by atoms with E-state index in [2.05, 4.69) is 5.32 Å². The van der Waals surface area contributed by atoms with Crippen LogP contribution in [0.15, 0.2) is 42.5 Å². The average molecular weight is 450 g/mol. The number of ether oxygens (including phenoxy) is 1. The second-order valence-corrected chi connectivity index (χ2v) is 8.52. The van der Waals surface area contributed by atoms with Crippen LogP contribution in [0.4, 0.5) is 21.9 Å². The van der Waals surface area contributed by atoms with Gasteiger partial charge in [-0.15, -0.1) is 0 Å². The summed E-state index contributed by atoms with van der Waals surface area (Å²) in [6, 6.07) is 9.72. The lowest BCUT2D eigenvalue weighted by atomic mass is 9.66. The van der Waals surface area contributed by atoms with E-state index in [1.54, 1.807) is 30.3 Å². The molecule has 0 bridgehead atoms. The predicted molar refractivity (Wildman–Crippen MR) is 118 cm³/mol. The molecule has 0 saturated carbocycles. The van der Waals surface area contributed by atoms with Gasteiger partial charge in [0.25, 0.3) is 11.6 Å². The minimum absolute atomic E-state index is 0.0181. The fraction of sp³-hybridized carbons (Fsp3) is 0.348. The molecule has 1 N–H and O–H groups in total. The van der Waals surface area contributed by atoms with Gasteiger partial charge in [-0.25, -0.2) is 9.69 Å². The minimum Gasteiger partial charge on any atom is -0.497 e. The first-order valence-corrected chi connectivity index (χ1v) is 10.7. The number of hydrogen-bond acceptors (Lipinski definition) is 7. The maximum absolute atomic E-state index is 14.0. The van der Waals surface area contributed by atoms with Gasteiger partial charge in [0.05, 0.1) is 23.8 Å². The van der Waals surface area contributed by atoms with Crippen LogP contribution in [-0.2, 0) is 16.0 Å². The number of benzene rings is 2. The first kappa shape index (κ1) is 20.9. The quantitative estimate of drug-likeness (QED) is 0.433. The molecule has 0 aromatic heterocycles. The van der Waals surface area contributed by atoms with Crippen LogP contribution in [0.25, 0.3) is 0 Å². The second-order valence-electron chi connectivity index (χ2n) is 8.52. The second kappa shape index (κ2) is 7.58. The van der Waals surface area contributed by atoms with Gasteiger partial charge in [0.2, 0.25) is 5.91 Å². The fourth-order valence-electron chi connectivity index (χ4n) is 5.33. The largest absolute Gasteiger partial charge is 0.497 e. The van der Waals surface area contributed by atoms with E-state index in [1.807, 2.05) is 4.90 Å². The molecule has 2 atom stereocenters. The molecule has 5 rings (SSSR count). The summed E-state index contributed by atoms with van der Waals surface area (Å²) in [4.78, 5) is 54.1. The number of nitrogens with one attached hydrogen (secondary N) is 1. The maximum Gasteiger partial charge on any atom is 0.335 e. The van der Waals surface area contributed by atoms with Gasteiger partial charge in [-0.05, 0) is 55.2 Å². The number of nitrogens with zero attached hydrogens (tertiary/aromatic N) is 3. The minimum atomic E-state index is -1.57. The molecule has 4 amide bonds. The molecular formula is C23H22N4O6. The van der Waals surface area contributed by atoms with Crippen LogP contribution in [0.2, 0.25) is 0 Å². The number of nitro benzene ring substituents is 1. The molecule has 2 saturated heterocycles. The number of fused-ring (bicyclic) bond motifs is 4. The number of piperidine rings is 1. The Hall–Kier alpha value is -3.95. The third-order valence-corrected chi connectivity index (χ3v) is 6.87. The van der Waals surface area contributed by atoms with Gasteiger partial charge < -0.3 is 9.64 Å². The van der Waals surface area contributed by atoms with Gasteiger partial charge in [-0.1, -0.05) is 0 Å². The van der Waals surface area contributed by atoms with E-state index >= 15 is 0 Å². The number of urea groups is 1. The van der Waals surface area contributed by atoms with Crippen LogP contribution in [-0.4, -0.2) is 42.5 Å². The van der Waals surface area contributed by atoms with Crippen molar-refractivity contribution in [3.8, 4) is 5.75 Å². The standard InChI is InChI=1S/C23H22N4O6/c1-33-17-8-5-15(6-9-17)26-21(29)23(20(28)24-22(26)30)13-14-12-16(27(31)32)7-10-18(14)25-11-3-2-4-19(23)25/h5-10,12,19H,2-4,11,13H2,1H3,(H,24,28,30)/t19-,23+/m0/s1. The van der Waals surface area contributed by atoms with Crippen LogP contribution in [0.1, 0.15) is 24.8 Å². The molecule has 1 spiro atoms. The Morgan fingerprint density at radius 2 is 1.88 bits per heavy atom. The van der Waals surface area contributed by atoms with Gasteiger partial charge in [0, 0.05) is 30.8 Å². The van der Waals surface area contributed by atoms with Crippen LogP contribution < -0.4 is 19.9 Å². The van der Waals surface area contributed by atoms with Crippen molar-refractivity contribution in [2.45, 2.75) is 31.7 Å². The monoisotopic (exact) mass is 450 g/mol. The number of rotatable bonds is 3. The molecule has 2 aromatic carbocycles. The van der Waals surface area contributed by atoms with Crippen molar-refractivity contribution < 1.29 is 24.0 Å². The highest BCUT2D eigenvalue weighted by molar-refractivity contribution is 6.30. The van der Waals surface area contributed by atoms with Crippen molar-refractivity contribution in [2.24, 2.45) is 5.41 Å². The number of anilines is 2. The maximum atomic E-state index is 14.0. The van der Waals surface area contributed by atoms with E-state index in [0.29, 0.717) is 30.0 Å². The molecule has 2 fully saturated rings. The molecule has 3 aliphatic heterocycles. The van der Waals surface area contributed by atoms with Crippen molar-refractivity contribution in [3.05, 3.63) is 58.1 Å². The zero-order valence-corrected chi connectivity index (χ0v) is 17.9. The number of non-ortho nitro benzene ring substituents is 1. The molecule has 33 heavy (non-hydrogen) atoms. The first-order valence-electron chi connectivity index (χ1n) is 10.7. The van der Waals surface area contributed by atoms with Crippen LogP contribution >= 0.6 is 0 Å². The third kappa shape index (κ3) is 3.05. The Kier molecular flexibility index (Phi) is 4.80. The highest BCUT2D eigenvalue weighted by Gasteiger charge is 2.62. The summed E-state index contributed by atoms with van der Waals surface area (Å²) in [5.41, 5.74) is -0.0148. The van der Waals surface area contributed by atoms with Crippen molar-refractivity contribution in [1.82, 2.24) is 5.32 Å². The summed E-state index contributed by atoms with van der Waals surface area (Å²) in [7, 11) is 1.51. The SMILES string of the molecule is COc1ccc(N2C(=O)NC(=O)[C@]3(Cc4cc([N+](=O)[O-])ccc4N4CCCC[C@H]43)C2=O)cc1. The Morgan fingerprint density at radius 1 is 1.12 bits per heavy atom. The molecule has 170 valence electrons. The van der Waals surface area contributed by atoms with E-state index in [1.165, 1.54) is 19.2 Å². The number of nitro groups is 1. The van der Waals surface area contributed by atoms with E-state index < -0.39 is 34.2 Å². The van der Waals surface area contributed by atoms with E-state index in [4.69, 9.17) is 4.74 Å². The van der Waals surface area contributed by atoms with Crippen LogP contribution in [0.3, 0.4) is 0 Å². The van der Waals surface area contributed by atoms with Crippen molar-refractivity contribution in [3.63, 3.8) is 0 Å². The zero-order valence-electron chi connectivity index (χ0n) is 17.9. The lowest BCUT2D eigenvalue weighted by Gasteiger charge is -2.53. The fourth-order valence-corrected chi connectivity index (χ4v) is 5.33. The third-order valence-electron chi connectivity index (χ3n) is 6.87. The normalized spacial score (nSPS) is 24.3. The van der Waals surface area contributed by atoms with E-state index in [9.17, 15) is 24.5 Å². The smallest absolute Gasteiger partial charge is 0.335 e. The summed E-state index contributed by atoms with van der Waals surface area (Å²) in [6.07, 6.45) is 2.29. The van der Waals surface area contributed by atoms with Gasteiger partial charge in [-0.2, -0.15) is 0 Å². The number of methoxy groups -OCH3 is 1. The lowest BCUT2D eigenvalue weighted by molar-refractivity contribution is -0.384. The Labute approximate surface area is 189 Å². The Balaban J connectivity index is 1.64. The average Bonchev–Trinajstić information content (AvgIpc) is 2.82. The van der Waals surface area contributed by atoms with Crippen LogP contribution in [0, 0.1) is 15.5 Å². The molecule has 3 aliphatic rings. The molecule has 10 heteroatoms. The number of amides is 4. The molecule has 3 heterocycles. The predicted octanol–water partition coefficient (Wildman–Crippen LogP) is 2.79. The summed E-state index contributed by atoms with van der Waals surface area (Å²) in [5, 5.41) is 13.8. The molecule has 0 radical (unpaired) electrons. The molecule has 10 nitrogen and oxygen atoms in total. The Bertz CT molecular complexity index is 1180. The van der Waals surface area contributed by atoms with Crippen molar-refractivity contribution in [1.29, 1.82) is 0 Å². The van der Waals surface area contributed by atoms with Gasteiger partial charge >= 0.3 is 6.03 Å². The number of imide groups is 2. The summed E-state index contributed by atoms with van der Waals surface area (Å²) in [6.45, 7) is 0.619. The van der Waals surface area contributed by atoms with Crippen molar-refractivity contribution >= 4 is 34.9 Å². The number of carbonyl (C=O) groups is 3. The topological polar surface area (TPSA) is 122 Å². The molecule has 2 aromatic rings. The van der Waals surface area contributed by atoms with Gasteiger partial charge in [-0.3, -0.25) is 25.0 Å². The Morgan fingerprint density at radius 3 is 2.58 bits per heavy atom. The van der Waals surface area contributed by atoms with E-state index in [-0.39, 0.29) is 12.1 Å². The summed E-state index contributed by atoms with van der Waals surface area (Å²) in [5.74, 6) is -0.710. The molecular weight excluding hydrogens is 428 g/mol. The van der Waals surface area contributed by atoms with Gasteiger partial charge in [0.1, 0.15) is 5.75 Å². The van der Waals surface area contributed by atoms with Gasteiger partial charge in [0.15, 0.2) is 5.41 Å². The lowest BCUT2D eigenvalue weighted by Crippen LogP contribution is -2.72. The molecule has 0 aliphatic carbocycles. The molecule has 0 unspecified atom stereocenters. The zero-order chi connectivity index (χ0) is 23.3. The summed E-state index contributed by atoms with van der Waals surface area (Å²) < 4.78 is 5.16. The van der Waals surface area contributed by atoms with Crippen LogP contribution in [0.5, 0.6) is 5.75 Å². The highest BCUT2D eigenvalue weighted by Crippen LogP contribution is 2.48. The summed E-state index contributed by atoms with van der Waals surface area (Å²) >= 11 is 0. The first-order chi connectivity index (χ1) is 15.9.